The van der Waals surface area contributed by atoms with E-state index in [1.165, 1.54) is 19.1 Å². The molecule has 2 N–H and O–H groups in total. The summed E-state index contributed by atoms with van der Waals surface area (Å²) in [5, 5.41) is 17.8. The van der Waals surface area contributed by atoms with E-state index in [9.17, 15) is 17.6 Å². The molecule has 7 heteroatoms. The molecule has 0 aliphatic rings. The second-order valence-electron chi connectivity index (χ2n) is 3.73. The lowest BCUT2D eigenvalue weighted by atomic mass is 10.1. The molecule has 18 heavy (non-hydrogen) atoms. The topological polar surface area (TPSA) is 49.7 Å². The molecule has 2 atom stereocenters. The van der Waals surface area contributed by atoms with Crippen LogP contribution in [0.15, 0.2) is 18.2 Å². The van der Waals surface area contributed by atoms with E-state index in [4.69, 9.17) is 10.2 Å². The Morgan fingerprint density at radius 2 is 1.89 bits per heavy atom. The lowest BCUT2D eigenvalue weighted by molar-refractivity contribution is -0.210. The predicted molar refractivity (Wildman–Crippen MR) is 54.6 cm³/mol. The Labute approximate surface area is 101 Å². The van der Waals surface area contributed by atoms with Gasteiger partial charge in [0.05, 0.1) is 6.10 Å². The molecule has 0 fully saturated rings. The first-order chi connectivity index (χ1) is 8.21. The van der Waals surface area contributed by atoms with Crippen LogP contribution < -0.4 is 4.74 Å². The van der Waals surface area contributed by atoms with Crippen LogP contribution in [0, 0.1) is 5.82 Å². The Balaban J connectivity index is 2.67. The van der Waals surface area contributed by atoms with Crippen molar-refractivity contribution >= 4 is 0 Å². The minimum absolute atomic E-state index is 0.0127. The minimum atomic E-state index is -4.78. The van der Waals surface area contributed by atoms with Gasteiger partial charge in [0.2, 0.25) is 0 Å². The van der Waals surface area contributed by atoms with Gasteiger partial charge >= 0.3 is 6.18 Å². The van der Waals surface area contributed by atoms with E-state index in [1.54, 1.807) is 0 Å². The van der Waals surface area contributed by atoms with E-state index >= 15 is 0 Å². The Morgan fingerprint density at radius 1 is 1.28 bits per heavy atom. The molecule has 0 aliphatic heterocycles. The summed E-state index contributed by atoms with van der Waals surface area (Å²) in [6.45, 7) is 0.337. The van der Waals surface area contributed by atoms with Crippen molar-refractivity contribution in [2.24, 2.45) is 0 Å². The first-order valence-corrected chi connectivity index (χ1v) is 5.07. The van der Waals surface area contributed by atoms with Crippen LogP contribution in [0.5, 0.6) is 5.75 Å². The zero-order valence-electron chi connectivity index (χ0n) is 9.41. The van der Waals surface area contributed by atoms with Crippen molar-refractivity contribution in [1.82, 2.24) is 0 Å². The third-order valence-corrected chi connectivity index (χ3v) is 2.21. The van der Waals surface area contributed by atoms with Gasteiger partial charge in [-0.2, -0.15) is 13.2 Å². The molecule has 0 aliphatic carbocycles. The highest BCUT2D eigenvalue weighted by molar-refractivity contribution is 5.30. The summed E-state index contributed by atoms with van der Waals surface area (Å²) in [4.78, 5) is 0. The Hall–Kier alpha value is -1.34. The maximum absolute atomic E-state index is 13.3. The van der Waals surface area contributed by atoms with Gasteiger partial charge < -0.3 is 14.9 Å². The van der Waals surface area contributed by atoms with Crippen molar-refractivity contribution < 1.29 is 32.5 Å². The highest BCUT2D eigenvalue weighted by atomic mass is 19.4. The number of rotatable bonds is 4. The van der Waals surface area contributed by atoms with E-state index in [2.05, 4.69) is 4.74 Å². The van der Waals surface area contributed by atoms with Gasteiger partial charge in [0.1, 0.15) is 18.2 Å². The zero-order valence-corrected chi connectivity index (χ0v) is 9.41. The van der Waals surface area contributed by atoms with Crippen LogP contribution in [0.25, 0.3) is 0 Å². The number of hydrogen-bond donors (Lipinski definition) is 2. The van der Waals surface area contributed by atoms with Crippen molar-refractivity contribution in [3.8, 4) is 5.75 Å². The van der Waals surface area contributed by atoms with Crippen LogP contribution in [-0.4, -0.2) is 29.1 Å². The highest BCUT2D eigenvalue weighted by Crippen LogP contribution is 2.24. The van der Waals surface area contributed by atoms with Crippen LogP contribution in [0.2, 0.25) is 0 Å². The zero-order chi connectivity index (χ0) is 13.9. The molecule has 0 amide bonds. The SMILES string of the molecule is C[C@H](O)c1ccc(OCC(O)C(F)(F)F)cc1F. The maximum Gasteiger partial charge on any atom is 0.417 e. The number of aliphatic hydroxyl groups is 2. The van der Waals surface area contributed by atoms with Crippen LogP contribution >= 0.6 is 0 Å². The second kappa shape index (κ2) is 5.53. The molecule has 0 heterocycles. The van der Waals surface area contributed by atoms with Crippen LogP contribution in [-0.2, 0) is 0 Å². The molecular weight excluding hydrogens is 256 g/mol. The molecule has 102 valence electrons. The van der Waals surface area contributed by atoms with Gasteiger partial charge in [0.25, 0.3) is 0 Å². The first kappa shape index (κ1) is 14.7. The smallest absolute Gasteiger partial charge is 0.417 e. The molecule has 1 unspecified atom stereocenters. The Kier molecular flexibility index (Phi) is 4.53. The number of aliphatic hydroxyl groups excluding tert-OH is 2. The lowest BCUT2D eigenvalue weighted by Crippen LogP contribution is -2.34. The molecule has 3 nitrogen and oxygen atoms in total. The van der Waals surface area contributed by atoms with E-state index in [-0.39, 0.29) is 11.3 Å². The molecule has 0 aromatic heterocycles. The molecule has 1 aromatic rings. The van der Waals surface area contributed by atoms with Gasteiger partial charge in [-0.3, -0.25) is 0 Å². The third-order valence-electron chi connectivity index (χ3n) is 2.21. The summed E-state index contributed by atoms with van der Waals surface area (Å²) in [5.74, 6) is -0.941. The van der Waals surface area contributed by atoms with E-state index in [1.807, 2.05) is 0 Å². The van der Waals surface area contributed by atoms with E-state index in [0.717, 1.165) is 6.07 Å². The summed E-state index contributed by atoms with van der Waals surface area (Å²) in [5.41, 5.74) is 0.0127. The maximum atomic E-state index is 13.3. The lowest BCUT2D eigenvalue weighted by Gasteiger charge is -2.15. The molecule has 0 saturated heterocycles. The van der Waals surface area contributed by atoms with Gasteiger partial charge in [-0.15, -0.1) is 0 Å². The van der Waals surface area contributed by atoms with Crippen molar-refractivity contribution in [1.29, 1.82) is 0 Å². The highest BCUT2D eigenvalue weighted by Gasteiger charge is 2.38. The molecule has 0 bridgehead atoms. The molecular formula is C11H12F4O3. The van der Waals surface area contributed by atoms with Crippen LogP contribution in [0.4, 0.5) is 17.6 Å². The van der Waals surface area contributed by atoms with Crippen LogP contribution in [0.1, 0.15) is 18.6 Å². The van der Waals surface area contributed by atoms with Gasteiger partial charge in [-0.1, -0.05) is 0 Å². The molecule has 0 saturated carbocycles. The fourth-order valence-corrected chi connectivity index (χ4v) is 1.21. The van der Waals surface area contributed by atoms with Crippen LogP contribution in [0.3, 0.4) is 0 Å². The monoisotopic (exact) mass is 268 g/mol. The van der Waals surface area contributed by atoms with Crippen molar-refractivity contribution in [2.75, 3.05) is 6.61 Å². The summed E-state index contributed by atoms with van der Waals surface area (Å²) in [6.07, 6.45) is -8.44. The van der Waals surface area contributed by atoms with Crippen molar-refractivity contribution in [3.63, 3.8) is 0 Å². The molecule has 1 aromatic carbocycles. The van der Waals surface area contributed by atoms with Gasteiger partial charge in [-0.25, -0.2) is 4.39 Å². The summed E-state index contributed by atoms with van der Waals surface area (Å²) in [7, 11) is 0. The average Bonchev–Trinajstić information content (AvgIpc) is 2.24. The number of halogens is 4. The van der Waals surface area contributed by atoms with Gasteiger partial charge in [0.15, 0.2) is 6.10 Å². The fraction of sp³-hybridized carbons (Fsp3) is 0.455. The van der Waals surface area contributed by atoms with Gasteiger partial charge in [0, 0.05) is 11.6 Å². The molecule has 0 radical (unpaired) electrons. The number of hydrogen-bond acceptors (Lipinski definition) is 3. The second-order valence-corrected chi connectivity index (χ2v) is 3.73. The standard InChI is InChI=1S/C11H12F4O3/c1-6(16)8-3-2-7(4-9(8)12)18-5-10(17)11(13,14)15/h2-4,6,10,16-17H,5H2,1H3/t6-,10?/m0/s1. The summed E-state index contributed by atoms with van der Waals surface area (Å²) >= 11 is 0. The predicted octanol–water partition coefficient (Wildman–Crippen LogP) is 2.18. The first-order valence-electron chi connectivity index (χ1n) is 5.07. The summed E-state index contributed by atoms with van der Waals surface area (Å²) < 4.78 is 53.8. The molecule has 0 spiro atoms. The Bertz CT molecular complexity index is 404. The normalized spacial score (nSPS) is 15.3. The third kappa shape index (κ3) is 3.85. The fourth-order valence-electron chi connectivity index (χ4n) is 1.21. The summed E-state index contributed by atoms with van der Waals surface area (Å²) in [6, 6.07) is 3.27. The number of benzene rings is 1. The minimum Gasteiger partial charge on any atom is -0.490 e. The quantitative estimate of drug-likeness (QED) is 0.823. The van der Waals surface area contributed by atoms with Gasteiger partial charge in [-0.05, 0) is 19.1 Å². The van der Waals surface area contributed by atoms with Crippen molar-refractivity contribution in [3.05, 3.63) is 29.6 Å². The Morgan fingerprint density at radius 3 is 2.33 bits per heavy atom. The molecule has 1 rings (SSSR count). The number of ether oxygens (including phenoxy) is 1. The van der Waals surface area contributed by atoms with Crippen molar-refractivity contribution in [2.45, 2.75) is 25.3 Å². The van der Waals surface area contributed by atoms with E-state index < -0.39 is 30.8 Å². The average molecular weight is 268 g/mol. The van der Waals surface area contributed by atoms with E-state index in [0.29, 0.717) is 0 Å². The number of alkyl halides is 3. The largest absolute Gasteiger partial charge is 0.490 e.